The van der Waals surface area contributed by atoms with Gasteiger partial charge in [-0.2, -0.15) is 13.2 Å². The quantitative estimate of drug-likeness (QED) is 0.716. The molecule has 2 aromatic rings. The molecule has 2 heterocycles. The van der Waals surface area contributed by atoms with Crippen molar-refractivity contribution >= 4 is 17.6 Å². The van der Waals surface area contributed by atoms with Crippen LogP contribution >= 0.6 is 0 Å². The minimum atomic E-state index is -4.38. The van der Waals surface area contributed by atoms with E-state index in [2.05, 4.69) is 5.32 Å². The number of urea groups is 1. The smallest absolute Gasteiger partial charge is 0.368 e. The Morgan fingerprint density at radius 2 is 1.50 bits per heavy atom. The van der Waals surface area contributed by atoms with E-state index in [4.69, 9.17) is 0 Å². The lowest BCUT2D eigenvalue weighted by Crippen LogP contribution is -2.51. The van der Waals surface area contributed by atoms with Crippen molar-refractivity contribution in [2.75, 3.05) is 44.2 Å². The van der Waals surface area contributed by atoms with Crippen LogP contribution in [0.1, 0.15) is 40.7 Å². The number of halogens is 3. The van der Waals surface area contributed by atoms with Gasteiger partial charge in [-0.1, -0.05) is 18.2 Å². The van der Waals surface area contributed by atoms with Gasteiger partial charge in [0.05, 0.1) is 5.56 Å². The number of piperidine rings is 1. The van der Waals surface area contributed by atoms with Crippen molar-refractivity contribution in [1.82, 2.24) is 15.1 Å². The van der Waals surface area contributed by atoms with Crippen molar-refractivity contribution in [3.8, 4) is 0 Å². The van der Waals surface area contributed by atoms with Crippen LogP contribution in [0.15, 0.2) is 48.5 Å². The molecule has 0 unspecified atom stereocenters. The molecular formula is C25H29F3N4O2. The highest BCUT2D eigenvalue weighted by molar-refractivity contribution is 5.94. The lowest BCUT2D eigenvalue weighted by Gasteiger charge is -2.36. The molecule has 0 aromatic heterocycles. The van der Waals surface area contributed by atoms with Gasteiger partial charge in [0.1, 0.15) is 0 Å². The topological polar surface area (TPSA) is 55.9 Å². The number of hydrogen-bond donors (Lipinski definition) is 1. The molecule has 6 nitrogen and oxygen atoms in total. The number of likely N-dealkylation sites (tertiary alicyclic amines) is 1. The summed E-state index contributed by atoms with van der Waals surface area (Å²) in [5.74, 6) is 0.0499. The Kier molecular flexibility index (Phi) is 7.29. The monoisotopic (exact) mass is 474 g/mol. The largest absolute Gasteiger partial charge is 0.416 e. The van der Waals surface area contributed by atoms with E-state index in [9.17, 15) is 22.8 Å². The zero-order valence-corrected chi connectivity index (χ0v) is 19.0. The van der Waals surface area contributed by atoms with Crippen molar-refractivity contribution in [3.63, 3.8) is 0 Å². The molecule has 0 aliphatic carbocycles. The Balaban J connectivity index is 1.25. The first kappa shape index (κ1) is 23.9. The fourth-order valence-corrected chi connectivity index (χ4v) is 4.38. The third-order valence-corrected chi connectivity index (χ3v) is 6.39. The van der Waals surface area contributed by atoms with Crippen LogP contribution in [0.5, 0.6) is 0 Å². The first-order valence-corrected chi connectivity index (χ1v) is 11.6. The van der Waals surface area contributed by atoms with Gasteiger partial charge in [-0.05, 0) is 55.2 Å². The predicted molar refractivity (Wildman–Crippen MR) is 124 cm³/mol. The molecule has 9 heteroatoms. The van der Waals surface area contributed by atoms with Crippen LogP contribution in [0.3, 0.4) is 0 Å². The molecule has 182 valence electrons. The van der Waals surface area contributed by atoms with Gasteiger partial charge in [-0.25, -0.2) is 4.79 Å². The maximum atomic E-state index is 13.0. The van der Waals surface area contributed by atoms with Crippen molar-refractivity contribution in [2.45, 2.75) is 32.0 Å². The molecule has 2 aliphatic heterocycles. The highest BCUT2D eigenvalue weighted by Gasteiger charge is 2.31. The van der Waals surface area contributed by atoms with Crippen LogP contribution in [-0.4, -0.2) is 61.0 Å². The third-order valence-electron chi connectivity index (χ3n) is 6.39. The number of hydrogen-bond acceptors (Lipinski definition) is 3. The van der Waals surface area contributed by atoms with E-state index in [0.29, 0.717) is 44.0 Å². The molecule has 3 amide bonds. The van der Waals surface area contributed by atoms with E-state index in [1.54, 1.807) is 23.1 Å². The van der Waals surface area contributed by atoms with E-state index in [1.165, 1.54) is 12.5 Å². The predicted octanol–water partition coefficient (Wildman–Crippen LogP) is 4.36. The number of benzene rings is 2. The van der Waals surface area contributed by atoms with Crippen LogP contribution in [0, 0.1) is 0 Å². The second-order valence-corrected chi connectivity index (χ2v) is 8.73. The second-order valence-electron chi connectivity index (χ2n) is 8.73. The van der Waals surface area contributed by atoms with Crippen LogP contribution < -0.4 is 10.2 Å². The molecule has 34 heavy (non-hydrogen) atoms. The molecule has 1 N–H and O–H groups in total. The summed E-state index contributed by atoms with van der Waals surface area (Å²) in [5.41, 5.74) is 1.39. The maximum Gasteiger partial charge on any atom is 0.416 e. The van der Waals surface area contributed by atoms with Crippen LogP contribution in [-0.2, 0) is 12.7 Å². The maximum absolute atomic E-state index is 13.0. The van der Waals surface area contributed by atoms with Crippen LogP contribution in [0.25, 0.3) is 0 Å². The molecule has 2 aliphatic rings. The minimum absolute atomic E-state index is 0.0499. The Hall–Kier alpha value is -3.23. The van der Waals surface area contributed by atoms with Gasteiger partial charge in [0, 0.05) is 57.1 Å². The molecule has 0 radical (unpaired) electrons. The molecule has 0 spiro atoms. The summed E-state index contributed by atoms with van der Waals surface area (Å²) in [6, 6.07) is 12.4. The summed E-state index contributed by atoms with van der Waals surface area (Å²) in [7, 11) is 0. The number of piperazine rings is 1. The summed E-state index contributed by atoms with van der Waals surface area (Å²) >= 11 is 0. The molecule has 4 rings (SSSR count). The van der Waals surface area contributed by atoms with Gasteiger partial charge in [-0.3, -0.25) is 4.79 Å². The number of nitrogens with one attached hydrogen (secondary N) is 1. The summed E-state index contributed by atoms with van der Waals surface area (Å²) in [5, 5.41) is 2.89. The Labute approximate surface area is 197 Å². The summed E-state index contributed by atoms with van der Waals surface area (Å²) in [4.78, 5) is 30.6. The van der Waals surface area contributed by atoms with E-state index in [1.807, 2.05) is 21.9 Å². The normalized spacial score (nSPS) is 17.0. The summed E-state index contributed by atoms with van der Waals surface area (Å²) in [6.07, 6.45) is -1.12. The average molecular weight is 475 g/mol. The number of anilines is 1. The van der Waals surface area contributed by atoms with Gasteiger partial charge >= 0.3 is 12.2 Å². The molecule has 0 saturated carbocycles. The van der Waals surface area contributed by atoms with Crippen molar-refractivity contribution in [1.29, 1.82) is 0 Å². The zero-order valence-electron chi connectivity index (χ0n) is 19.0. The molecule has 2 saturated heterocycles. The van der Waals surface area contributed by atoms with Crippen LogP contribution in [0.2, 0.25) is 0 Å². The molecule has 2 fully saturated rings. The van der Waals surface area contributed by atoms with Crippen molar-refractivity contribution < 1.29 is 22.8 Å². The van der Waals surface area contributed by atoms with Gasteiger partial charge < -0.3 is 20.0 Å². The average Bonchev–Trinajstić information content (AvgIpc) is 2.87. The number of rotatable bonds is 4. The van der Waals surface area contributed by atoms with Gasteiger partial charge in [-0.15, -0.1) is 0 Å². The standard InChI is InChI=1S/C25H29F3N4O2/c26-25(27,28)21-5-4-6-22(17-21)30-13-15-32(16-14-30)24(34)29-18-19-7-9-20(10-8-19)23(33)31-11-2-1-3-12-31/h4-10,17H,1-3,11-16,18H2,(H,29,34). The fourth-order valence-electron chi connectivity index (χ4n) is 4.38. The highest BCUT2D eigenvalue weighted by atomic mass is 19.4. The molecular weight excluding hydrogens is 445 g/mol. The van der Waals surface area contributed by atoms with Crippen molar-refractivity contribution in [3.05, 3.63) is 65.2 Å². The Morgan fingerprint density at radius 1 is 0.824 bits per heavy atom. The lowest BCUT2D eigenvalue weighted by atomic mass is 10.1. The second kappa shape index (κ2) is 10.4. The van der Waals surface area contributed by atoms with E-state index < -0.39 is 11.7 Å². The highest BCUT2D eigenvalue weighted by Crippen LogP contribution is 2.31. The third kappa shape index (κ3) is 5.81. The summed E-state index contributed by atoms with van der Waals surface area (Å²) in [6.45, 7) is 3.71. The fraction of sp³-hybridized carbons (Fsp3) is 0.440. The SMILES string of the molecule is O=C(NCc1ccc(C(=O)N2CCCCC2)cc1)N1CCN(c2cccc(C(F)(F)F)c2)CC1. The number of alkyl halides is 3. The first-order chi connectivity index (χ1) is 16.3. The zero-order chi connectivity index (χ0) is 24.1. The lowest BCUT2D eigenvalue weighted by molar-refractivity contribution is -0.137. The van der Waals surface area contributed by atoms with Crippen molar-refractivity contribution in [2.24, 2.45) is 0 Å². The van der Waals surface area contributed by atoms with E-state index in [-0.39, 0.29) is 11.9 Å². The Morgan fingerprint density at radius 3 is 2.15 bits per heavy atom. The van der Waals surface area contributed by atoms with Crippen LogP contribution in [0.4, 0.5) is 23.7 Å². The molecule has 0 bridgehead atoms. The number of amides is 3. The number of carbonyl (C=O) groups is 2. The number of carbonyl (C=O) groups excluding carboxylic acids is 2. The van der Waals surface area contributed by atoms with E-state index >= 15 is 0 Å². The van der Waals surface area contributed by atoms with Gasteiger partial charge in [0.2, 0.25) is 0 Å². The van der Waals surface area contributed by atoms with Gasteiger partial charge in [0.25, 0.3) is 5.91 Å². The molecule has 2 aromatic carbocycles. The minimum Gasteiger partial charge on any atom is -0.368 e. The number of nitrogens with zero attached hydrogens (tertiary/aromatic N) is 3. The van der Waals surface area contributed by atoms with E-state index in [0.717, 1.165) is 43.6 Å². The first-order valence-electron chi connectivity index (χ1n) is 11.6. The Bertz CT molecular complexity index is 996. The van der Waals surface area contributed by atoms with Gasteiger partial charge in [0.15, 0.2) is 0 Å². The summed E-state index contributed by atoms with van der Waals surface area (Å²) < 4.78 is 38.9. The molecule has 0 atom stereocenters.